The van der Waals surface area contributed by atoms with E-state index in [1.54, 1.807) is 0 Å². The van der Waals surface area contributed by atoms with Crippen LogP contribution in [0.3, 0.4) is 0 Å². The van der Waals surface area contributed by atoms with Gasteiger partial charge in [0, 0.05) is 26.0 Å². The largest absolute Gasteiger partial charge is 0.505 e. The Bertz CT molecular complexity index is 232. The fourth-order valence-corrected chi connectivity index (χ4v) is 1.48. The van der Waals surface area contributed by atoms with Gasteiger partial charge in [-0.2, -0.15) is 0 Å². The highest BCUT2D eigenvalue weighted by Crippen LogP contribution is 2.06. The van der Waals surface area contributed by atoms with E-state index in [2.05, 4.69) is 40.9 Å². The SMILES string of the molecule is CCCCCCN1C=CN(C)C1.COC(=O)O. The van der Waals surface area contributed by atoms with Crippen molar-refractivity contribution in [3.8, 4) is 0 Å². The lowest BCUT2D eigenvalue weighted by atomic mass is 10.2. The van der Waals surface area contributed by atoms with Gasteiger partial charge in [-0.15, -0.1) is 0 Å². The number of unbranched alkanes of at least 4 members (excludes halogenated alkanes) is 3. The van der Waals surface area contributed by atoms with Crippen LogP contribution in [-0.2, 0) is 4.74 Å². The normalized spacial score (nSPS) is 13.4. The Balaban J connectivity index is 0.000000437. The molecule has 0 aliphatic carbocycles. The van der Waals surface area contributed by atoms with Gasteiger partial charge >= 0.3 is 6.16 Å². The number of hydrogen-bond donors (Lipinski definition) is 1. The Labute approximate surface area is 104 Å². The highest BCUT2D eigenvalue weighted by molar-refractivity contribution is 5.56. The highest BCUT2D eigenvalue weighted by atomic mass is 16.6. The van der Waals surface area contributed by atoms with Gasteiger partial charge in [0.25, 0.3) is 0 Å². The molecule has 100 valence electrons. The monoisotopic (exact) mass is 244 g/mol. The topological polar surface area (TPSA) is 53.0 Å². The molecule has 0 saturated heterocycles. The summed E-state index contributed by atoms with van der Waals surface area (Å²) >= 11 is 0. The van der Waals surface area contributed by atoms with E-state index in [4.69, 9.17) is 9.90 Å². The van der Waals surface area contributed by atoms with E-state index in [1.807, 2.05) is 0 Å². The number of rotatable bonds is 5. The van der Waals surface area contributed by atoms with Gasteiger partial charge in [-0.25, -0.2) is 4.79 Å². The van der Waals surface area contributed by atoms with Crippen molar-refractivity contribution in [2.75, 3.05) is 27.4 Å². The van der Waals surface area contributed by atoms with Gasteiger partial charge in [0.05, 0.1) is 13.8 Å². The summed E-state index contributed by atoms with van der Waals surface area (Å²) in [4.78, 5) is 13.7. The lowest BCUT2D eigenvalue weighted by Crippen LogP contribution is -2.23. The molecule has 0 aromatic heterocycles. The average molecular weight is 244 g/mol. The van der Waals surface area contributed by atoms with Crippen LogP contribution in [0.4, 0.5) is 4.79 Å². The van der Waals surface area contributed by atoms with Crippen LogP contribution in [0.15, 0.2) is 12.4 Å². The number of methoxy groups -OCH3 is 1. The summed E-state index contributed by atoms with van der Waals surface area (Å²) in [6.45, 7) is 4.55. The van der Waals surface area contributed by atoms with E-state index >= 15 is 0 Å². The predicted molar refractivity (Wildman–Crippen MR) is 67.7 cm³/mol. The molecule has 5 heteroatoms. The molecule has 0 spiro atoms. The van der Waals surface area contributed by atoms with E-state index in [0.717, 1.165) is 13.8 Å². The summed E-state index contributed by atoms with van der Waals surface area (Å²) in [5.41, 5.74) is 0. The minimum Gasteiger partial charge on any atom is -0.450 e. The van der Waals surface area contributed by atoms with Gasteiger partial charge in [0.2, 0.25) is 0 Å². The summed E-state index contributed by atoms with van der Waals surface area (Å²) < 4.78 is 3.67. The van der Waals surface area contributed by atoms with Crippen molar-refractivity contribution < 1.29 is 14.6 Å². The van der Waals surface area contributed by atoms with E-state index < -0.39 is 6.16 Å². The molecule has 0 saturated carbocycles. The van der Waals surface area contributed by atoms with Gasteiger partial charge in [-0.05, 0) is 6.42 Å². The number of hydrogen-bond acceptors (Lipinski definition) is 4. The Morgan fingerprint density at radius 2 is 2.00 bits per heavy atom. The molecule has 0 fully saturated rings. The summed E-state index contributed by atoms with van der Waals surface area (Å²) in [7, 11) is 3.21. The molecule has 1 rings (SSSR count). The van der Waals surface area contributed by atoms with Crippen LogP contribution in [0.1, 0.15) is 32.6 Å². The zero-order chi connectivity index (χ0) is 13.1. The van der Waals surface area contributed by atoms with Crippen LogP contribution >= 0.6 is 0 Å². The average Bonchev–Trinajstić information content (AvgIpc) is 2.71. The van der Waals surface area contributed by atoms with Gasteiger partial charge in [0.1, 0.15) is 0 Å². The van der Waals surface area contributed by atoms with E-state index in [9.17, 15) is 0 Å². The zero-order valence-corrected chi connectivity index (χ0v) is 11.1. The number of carbonyl (C=O) groups is 1. The third kappa shape index (κ3) is 9.53. The van der Waals surface area contributed by atoms with Crippen molar-refractivity contribution in [3.05, 3.63) is 12.4 Å². The third-order valence-corrected chi connectivity index (χ3v) is 2.41. The van der Waals surface area contributed by atoms with Gasteiger partial charge in [-0.3, -0.25) is 0 Å². The molecule has 0 unspecified atom stereocenters. The summed E-state index contributed by atoms with van der Waals surface area (Å²) in [5, 5.41) is 7.50. The maximum absolute atomic E-state index is 9.15. The zero-order valence-electron chi connectivity index (χ0n) is 11.1. The van der Waals surface area contributed by atoms with Crippen molar-refractivity contribution in [1.82, 2.24) is 9.80 Å². The van der Waals surface area contributed by atoms with Gasteiger partial charge in [-0.1, -0.05) is 26.2 Å². The fraction of sp³-hybridized carbons (Fsp3) is 0.750. The second kappa shape index (κ2) is 9.81. The molecule has 1 aliphatic heterocycles. The number of nitrogens with zero attached hydrogens (tertiary/aromatic N) is 2. The maximum atomic E-state index is 9.15. The van der Waals surface area contributed by atoms with Crippen molar-refractivity contribution in [2.24, 2.45) is 0 Å². The van der Waals surface area contributed by atoms with Crippen LogP contribution in [-0.4, -0.2) is 48.4 Å². The lowest BCUT2D eigenvalue weighted by Gasteiger charge is -2.17. The quantitative estimate of drug-likeness (QED) is 0.595. The van der Waals surface area contributed by atoms with E-state index in [-0.39, 0.29) is 0 Å². The van der Waals surface area contributed by atoms with Crippen LogP contribution < -0.4 is 0 Å². The van der Waals surface area contributed by atoms with Crippen LogP contribution in [0.25, 0.3) is 0 Å². The molecule has 5 nitrogen and oxygen atoms in total. The predicted octanol–water partition coefficient (Wildman–Crippen LogP) is 2.55. The molecule has 0 bridgehead atoms. The first-order valence-electron chi connectivity index (χ1n) is 5.99. The molecular weight excluding hydrogens is 220 g/mol. The fourth-order valence-electron chi connectivity index (χ4n) is 1.48. The van der Waals surface area contributed by atoms with Crippen LogP contribution in [0.5, 0.6) is 0 Å². The van der Waals surface area contributed by atoms with E-state index in [0.29, 0.717) is 0 Å². The third-order valence-electron chi connectivity index (χ3n) is 2.41. The standard InChI is InChI=1S/C10H20N2.C2H4O3/c1-3-4-5-6-7-12-9-8-11(2)10-12;1-5-2(3)4/h8-9H,3-7,10H2,1-2H3;1H3,(H,3,4). The lowest BCUT2D eigenvalue weighted by molar-refractivity contribution is 0.114. The smallest absolute Gasteiger partial charge is 0.450 e. The second-order valence-corrected chi connectivity index (χ2v) is 4.04. The Kier molecular flexibility index (Phi) is 9.01. The minimum atomic E-state index is -1.25. The number of ether oxygens (including phenoxy) is 1. The molecule has 0 aromatic carbocycles. The van der Waals surface area contributed by atoms with Crippen molar-refractivity contribution in [2.45, 2.75) is 32.6 Å². The molecule has 1 aliphatic rings. The first kappa shape index (κ1) is 15.6. The highest BCUT2D eigenvalue weighted by Gasteiger charge is 2.06. The molecular formula is C12H24N2O3. The summed E-state index contributed by atoms with van der Waals surface area (Å²) in [5.74, 6) is 0. The Morgan fingerprint density at radius 3 is 2.41 bits per heavy atom. The molecule has 17 heavy (non-hydrogen) atoms. The number of carboxylic acid groups (broad SMARTS) is 1. The van der Waals surface area contributed by atoms with Crippen molar-refractivity contribution >= 4 is 6.16 Å². The summed E-state index contributed by atoms with van der Waals surface area (Å²) in [6.07, 6.45) is 8.51. The van der Waals surface area contributed by atoms with Crippen LogP contribution in [0.2, 0.25) is 0 Å². The van der Waals surface area contributed by atoms with Gasteiger partial charge in [0.15, 0.2) is 0 Å². The Hall–Kier alpha value is -1.39. The molecule has 0 radical (unpaired) electrons. The molecule has 0 aromatic rings. The Morgan fingerprint density at radius 1 is 1.35 bits per heavy atom. The molecule has 0 atom stereocenters. The van der Waals surface area contributed by atoms with Crippen molar-refractivity contribution in [1.29, 1.82) is 0 Å². The molecule has 0 amide bonds. The first-order chi connectivity index (χ1) is 8.10. The van der Waals surface area contributed by atoms with Crippen LogP contribution in [0, 0.1) is 0 Å². The second-order valence-electron chi connectivity index (χ2n) is 4.04. The summed E-state index contributed by atoms with van der Waals surface area (Å²) in [6, 6.07) is 0. The van der Waals surface area contributed by atoms with Gasteiger partial charge < -0.3 is 19.6 Å². The molecule has 1 N–H and O–H groups in total. The minimum absolute atomic E-state index is 1.08. The van der Waals surface area contributed by atoms with Crippen molar-refractivity contribution in [3.63, 3.8) is 0 Å². The first-order valence-corrected chi connectivity index (χ1v) is 5.99. The van der Waals surface area contributed by atoms with E-state index in [1.165, 1.54) is 32.2 Å². The molecule has 1 heterocycles. The maximum Gasteiger partial charge on any atom is 0.505 e.